The van der Waals surface area contributed by atoms with E-state index < -0.39 is 26.5 Å². The molecule has 124 valence electrons. The maximum atomic E-state index is 12.1. The Morgan fingerprint density at radius 2 is 1.77 bits per heavy atom. The molecule has 0 heterocycles. The lowest BCUT2D eigenvalue weighted by Crippen LogP contribution is -2.48. The van der Waals surface area contributed by atoms with Crippen LogP contribution < -0.4 is 0 Å². The van der Waals surface area contributed by atoms with Crippen molar-refractivity contribution in [1.29, 1.82) is 0 Å². The average molecular weight is 324 g/mol. The van der Waals surface area contributed by atoms with Crippen LogP contribution in [-0.4, -0.2) is 38.2 Å². The van der Waals surface area contributed by atoms with Gasteiger partial charge in [-0.25, -0.2) is 4.79 Å². The lowest BCUT2D eigenvalue weighted by Gasteiger charge is -2.40. The first-order valence-corrected chi connectivity index (χ1v) is 10.5. The molecule has 0 aliphatic carbocycles. The summed E-state index contributed by atoms with van der Waals surface area (Å²) in [5, 5.41) is 9.65. The highest BCUT2D eigenvalue weighted by molar-refractivity contribution is 6.74. The van der Waals surface area contributed by atoms with Crippen LogP contribution in [0.25, 0.3) is 0 Å². The molecule has 2 atom stereocenters. The SMILES string of the molecule is C[C@@H](OC(=O)c1ccccc1)[C@H](CO)O[Si](C)(C)C(C)(C)C. The Morgan fingerprint density at radius 3 is 2.23 bits per heavy atom. The van der Waals surface area contributed by atoms with Crippen molar-refractivity contribution in [3.63, 3.8) is 0 Å². The zero-order valence-corrected chi connectivity index (χ0v) is 15.4. The number of hydrogen-bond acceptors (Lipinski definition) is 4. The Morgan fingerprint density at radius 1 is 1.23 bits per heavy atom. The van der Waals surface area contributed by atoms with Crippen LogP contribution in [0.1, 0.15) is 38.1 Å². The van der Waals surface area contributed by atoms with E-state index in [1.807, 2.05) is 6.07 Å². The molecule has 0 aliphatic heterocycles. The topological polar surface area (TPSA) is 55.8 Å². The van der Waals surface area contributed by atoms with Gasteiger partial charge in [0, 0.05) is 0 Å². The summed E-state index contributed by atoms with van der Waals surface area (Å²) in [6, 6.07) is 8.83. The van der Waals surface area contributed by atoms with Gasteiger partial charge in [0.05, 0.1) is 12.2 Å². The maximum absolute atomic E-state index is 12.1. The molecule has 1 aromatic carbocycles. The summed E-state index contributed by atoms with van der Waals surface area (Å²) in [7, 11) is -2.03. The molecule has 4 nitrogen and oxygen atoms in total. The first-order chi connectivity index (χ1) is 10.1. The average Bonchev–Trinajstić information content (AvgIpc) is 2.44. The molecule has 1 N–H and O–H groups in total. The van der Waals surface area contributed by atoms with Crippen LogP contribution in [0.15, 0.2) is 30.3 Å². The summed E-state index contributed by atoms with van der Waals surface area (Å²) in [5.41, 5.74) is 0.498. The van der Waals surface area contributed by atoms with Gasteiger partial charge >= 0.3 is 5.97 Å². The van der Waals surface area contributed by atoms with Crippen LogP contribution >= 0.6 is 0 Å². The minimum Gasteiger partial charge on any atom is -0.456 e. The van der Waals surface area contributed by atoms with Crippen LogP contribution in [0.4, 0.5) is 0 Å². The Bertz CT molecular complexity index is 479. The maximum Gasteiger partial charge on any atom is 0.338 e. The van der Waals surface area contributed by atoms with E-state index in [4.69, 9.17) is 9.16 Å². The van der Waals surface area contributed by atoms with Crippen molar-refractivity contribution in [2.24, 2.45) is 0 Å². The van der Waals surface area contributed by atoms with Gasteiger partial charge in [-0.15, -0.1) is 0 Å². The fourth-order valence-electron chi connectivity index (χ4n) is 1.72. The van der Waals surface area contributed by atoms with Crippen LogP contribution in [0.5, 0.6) is 0 Å². The van der Waals surface area contributed by atoms with E-state index >= 15 is 0 Å². The third-order valence-electron chi connectivity index (χ3n) is 4.26. The molecule has 22 heavy (non-hydrogen) atoms. The number of hydrogen-bond donors (Lipinski definition) is 1. The Kier molecular flexibility index (Phi) is 6.34. The van der Waals surface area contributed by atoms with E-state index in [9.17, 15) is 9.90 Å². The van der Waals surface area contributed by atoms with Crippen LogP contribution in [0, 0.1) is 0 Å². The summed E-state index contributed by atoms with van der Waals surface area (Å²) in [5.74, 6) is -0.398. The number of ether oxygens (including phenoxy) is 1. The van der Waals surface area contributed by atoms with Gasteiger partial charge in [-0.2, -0.15) is 0 Å². The highest BCUT2D eigenvalue weighted by atomic mass is 28.4. The van der Waals surface area contributed by atoms with E-state index in [0.717, 1.165) is 0 Å². The fourth-order valence-corrected chi connectivity index (χ4v) is 3.10. The predicted molar refractivity (Wildman–Crippen MR) is 90.5 cm³/mol. The normalized spacial score (nSPS) is 15.2. The third kappa shape index (κ3) is 4.93. The Hall–Kier alpha value is -1.17. The van der Waals surface area contributed by atoms with E-state index in [-0.39, 0.29) is 11.6 Å². The highest BCUT2D eigenvalue weighted by Gasteiger charge is 2.40. The molecule has 0 fully saturated rings. The number of benzene rings is 1. The zero-order valence-electron chi connectivity index (χ0n) is 14.4. The van der Waals surface area contributed by atoms with E-state index in [0.29, 0.717) is 5.56 Å². The van der Waals surface area contributed by atoms with Crippen molar-refractivity contribution in [3.8, 4) is 0 Å². The van der Waals surface area contributed by atoms with Gasteiger partial charge in [-0.3, -0.25) is 0 Å². The number of aliphatic hydroxyl groups is 1. The highest BCUT2D eigenvalue weighted by Crippen LogP contribution is 2.37. The number of aliphatic hydroxyl groups excluding tert-OH is 1. The molecular formula is C17H28O4Si. The molecule has 0 amide bonds. The van der Waals surface area contributed by atoms with Gasteiger partial charge in [0.15, 0.2) is 8.32 Å². The zero-order chi connectivity index (χ0) is 17.0. The molecule has 0 bridgehead atoms. The van der Waals surface area contributed by atoms with Gasteiger partial charge in [-0.1, -0.05) is 39.0 Å². The monoisotopic (exact) mass is 324 g/mol. The molecular weight excluding hydrogens is 296 g/mol. The molecule has 5 heteroatoms. The molecule has 0 radical (unpaired) electrons. The lowest BCUT2D eigenvalue weighted by molar-refractivity contribution is -0.0239. The first kappa shape index (κ1) is 18.9. The second-order valence-electron chi connectivity index (χ2n) is 7.08. The van der Waals surface area contributed by atoms with Crippen molar-refractivity contribution < 1.29 is 19.1 Å². The Balaban J connectivity index is 2.73. The number of rotatable bonds is 6. The van der Waals surface area contributed by atoms with Crippen LogP contribution in [-0.2, 0) is 9.16 Å². The molecule has 0 spiro atoms. The number of esters is 1. The number of carbonyl (C=O) groups excluding carboxylic acids is 1. The molecule has 1 aromatic rings. The lowest BCUT2D eigenvalue weighted by atomic mass is 10.2. The summed E-state index contributed by atoms with van der Waals surface area (Å²) >= 11 is 0. The summed E-state index contributed by atoms with van der Waals surface area (Å²) < 4.78 is 11.6. The molecule has 1 rings (SSSR count). The van der Waals surface area contributed by atoms with Crippen LogP contribution in [0.3, 0.4) is 0 Å². The second kappa shape index (κ2) is 7.40. The minimum atomic E-state index is -2.03. The smallest absolute Gasteiger partial charge is 0.338 e. The van der Waals surface area contributed by atoms with Crippen LogP contribution in [0.2, 0.25) is 18.1 Å². The van der Waals surface area contributed by atoms with Gasteiger partial charge in [0.25, 0.3) is 0 Å². The molecule has 0 unspecified atom stereocenters. The standard InChI is InChI=1S/C17H28O4Si/c1-13(20-16(19)14-10-8-7-9-11-14)15(12-18)21-22(5,6)17(2,3)4/h7-11,13,15,18H,12H2,1-6H3/t13-,15+/m1/s1. The van der Waals surface area contributed by atoms with Gasteiger partial charge in [0.1, 0.15) is 12.2 Å². The molecule has 0 aromatic heterocycles. The second-order valence-corrected chi connectivity index (χ2v) is 11.8. The van der Waals surface area contributed by atoms with Crippen molar-refractivity contribution in [2.45, 2.75) is 58.0 Å². The molecule has 0 saturated carbocycles. The summed E-state index contributed by atoms with van der Waals surface area (Å²) in [4.78, 5) is 12.1. The quantitative estimate of drug-likeness (QED) is 0.641. The fraction of sp³-hybridized carbons (Fsp3) is 0.588. The largest absolute Gasteiger partial charge is 0.456 e. The minimum absolute atomic E-state index is 0.0313. The molecule has 0 saturated heterocycles. The molecule has 0 aliphatic rings. The third-order valence-corrected chi connectivity index (χ3v) is 8.76. The van der Waals surface area contributed by atoms with E-state index in [1.165, 1.54) is 0 Å². The summed E-state index contributed by atoms with van der Waals surface area (Å²) in [6.07, 6.45) is -1.01. The van der Waals surface area contributed by atoms with Crippen molar-refractivity contribution >= 4 is 14.3 Å². The van der Waals surface area contributed by atoms with Crippen molar-refractivity contribution in [2.75, 3.05) is 6.61 Å². The van der Waals surface area contributed by atoms with Gasteiger partial charge < -0.3 is 14.3 Å². The van der Waals surface area contributed by atoms with Gasteiger partial charge in [0.2, 0.25) is 0 Å². The number of carbonyl (C=O) groups is 1. The summed E-state index contributed by atoms with van der Waals surface area (Å²) in [6.45, 7) is 12.2. The predicted octanol–water partition coefficient (Wildman–Crippen LogP) is 3.61. The van der Waals surface area contributed by atoms with Crippen molar-refractivity contribution in [1.82, 2.24) is 0 Å². The van der Waals surface area contributed by atoms with Gasteiger partial charge in [-0.05, 0) is 37.2 Å². The van der Waals surface area contributed by atoms with E-state index in [1.54, 1.807) is 31.2 Å². The van der Waals surface area contributed by atoms with Crippen molar-refractivity contribution in [3.05, 3.63) is 35.9 Å². The Labute approximate surface area is 134 Å². The van der Waals surface area contributed by atoms with E-state index in [2.05, 4.69) is 33.9 Å². The first-order valence-electron chi connectivity index (χ1n) is 7.63.